The topological polar surface area (TPSA) is 76.5 Å². The van der Waals surface area contributed by atoms with Crippen LogP contribution >= 0.6 is 23.2 Å². The van der Waals surface area contributed by atoms with Gasteiger partial charge < -0.3 is 10.1 Å². The predicted octanol–water partition coefficient (Wildman–Crippen LogP) is 2.78. The quantitative estimate of drug-likeness (QED) is 0.876. The van der Waals surface area contributed by atoms with Gasteiger partial charge in [0.2, 0.25) is 5.91 Å². The Hall–Kier alpha value is -2.32. The third-order valence-electron chi connectivity index (χ3n) is 3.62. The molecule has 0 aliphatic carbocycles. The molecule has 1 aromatic heterocycles. The van der Waals surface area contributed by atoms with Crippen LogP contribution < -0.4 is 10.2 Å². The Bertz CT molecular complexity index is 842. The van der Waals surface area contributed by atoms with Crippen molar-refractivity contribution in [2.75, 3.05) is 18.0 Å². The van der Waals surface area contributed by atoms with Crippen molar-refractivity contribution in [2.24, 2.45) is 0 Å². The molecule has 1 fully saturated rings. The van der Waals surface area contributed by atoms with Gasteiger partial charge in [-0.05, 0) is 18.2 Å². The lowest BCUT2D eigenvalue weighted by Gasteiger charge is -2.15. The van der Waals surface area contributed by atoms with Gasteiger partial charge in [-0.2, -0.15) is 0 Å². The van der Waals surface area contributed by atoms with Gasteiger partial charge in [-0.1, -0.05) is 23.2 Å². The maximum absolute atomic E-state index is 14.5. The smallest absolute Gasteiger partial charge is 0.414 e. The van der Waals surface area contributed by atoms with E-state index in [1.54, 1.807) is 6.07 Å². The number of anilines is 1. The molecule has 0 spiro atoms. The number of benzene rings is 1. The van der Waals surface area contributed by atoms with E-state index in [-0.39, 0.29) is 35.0 Å². The molecule has 1 aliphatic rings. The summed E-state index contributed by atoms with van der Waals surface area (Å²) in [6.07, 6.45) is 0.198. The van der Waals surface area contributed by atoms with Crippen molar-refractivity contribution in [2.45, 2.75) is 13.0 Å². The molecule has 2 heterocycles. The molecule has 25 heavy (non-hydrogen) atoms. The van der Waals surface area contributed by atoms with Crippen molar-refractivity contribution in [3.8, 4) is 5.69 Å². The van der Waals surface area contributed by atoms with E-state index in [9.17, 15) is 14.0 Å². The van der Waals surface area contributed by atoms with Crippen LogP contribution in [0, 0.1) is 5.82 Å². The van der Waals surface area contributed by atoms with Crippen molar-refractivity contribution in [3.63, 3.8) is 0 Å². The molecular weight excluding hydrogens is 374 g/mol. The Kier molecular flexibility index (Phi) is 4.82. The minimum absolute atomic E-state index is 0.0640. The second-order valence-corrected chi connectivity index (χ2v) is 6.10. The fraction of sp³-hybridized carbons (Fsp3) is 0.267. The maximum Gasteiger partial charge on any atom is 0.414 e. The van der Waals surface area contributed by atoms with Crippen molar-refractivity contribution < 1.29 is 18.7 Å². The fourth-order valence-electron chi connectivity index (χ4n) is 2.44. The number of hydrogen-bond acceptors (Lipinski definition) is 4. The van der Waals surface area contributed by atoms with Crippen LogP contribution in [-0.2, 0) is 9.53 Å². The lowest BCUT2D eigenvalue weighted by molar-refractivity contribution is -0.119. The van der Waals surface area contributed by atoms with E-state index < -0.39 is 18.0 Å². The summed E-state index contributed by atoms with van der Waals surface area (Å²) in [7, 11) is 0. The monoisotopic (exact) mass is 386 g/mol. The summed E-state index contributed by atoms with van der Waals surface area (Å²) in [4.78, 5) is 28.0. The highest BCUT2D eigenvalue weighted by Gasteiger charge is 2.32. The Labute approximate surface area is 152 Å². The largest absolute Gasteiger partial charge is 0.442 e. The number of aromatic nitrogens is 2. The van der Waals surface area contributed by atoms with Crippen LogP contribution in [-0.4, -0.2) is 40.7 Å². The van der Waals surface area contributed by atoms with Gasteiger partial charge in [-0.25, -0.2) is 14.2 Å². The van der Waals surface area contributed by atoms with Crippen LogP contribution in [0.2, 0.25) is 10.3 Å². The number of nitrogens with one attached hydrogen (secondary N) is 1. The lowest BCUT2D eigenvalue weighted by Crippen LogP contribution is -2.33. The SMILES string of the molecule is CC(=O)NC[C@H]1CN(c2ccc(-n3cnc(Cl)c3Cl)c(F)c2)C(=O)O1. The zero-order valence-electron chi connectivity index (χ0n) is 13.0. The highest BCUT2D eigenvalue weighted by Crippen LogP contribution is 2.29. The second-order valence-electron chi connectivity index (χ2n) is 5.39. The molecule has 10 heteroatoms. The van der Waals surface area contributed by atoms with E-state index in [0.717, 1.165) is 0 Å². The first-order chi connectivity index (χ1) is 11.9. The van der Waals surface area contributed by atoms with Gasteiger partial charge >= 0.3 is 6.09 Å². The zero-order chi connectivity index (χ0) is 18.1. The van der Waals surface area contributed by atoms with Crippen LogP contribution in [0.5, 0.6) is 0 Å². The Morgan fingerprint density at radius 3 is 2.84 bits per heavy atom. The van der Waals surface area contributed by atoms with E-state index in [0.29, 0.717) is 5.69 Å². The number of halogens is 3. The minimum atomic E-state index is -0.605. The summed E-state index contributed by atoms with van der Waals surface area (Å²) in [6.45, 7) is 1.77. The third kappa shape index (κ3) is 3.54. The van der Waals surface area contributed by atoms with Crippen molar-refractivity contribution in [1.29, 1.82) is 0 Å². The molecule has 1 atom stereocenters. The molecular formula is C15H13Cl2FN4O3. The number of carbonyl (C=O) groups is 2. The van der Waals surface area contributed by atoms with Crippen molar-refractivity contribution >= 4 is 40.9 Å². The molecule has 3 rings (SSSR count). The number of amides is 2. The van der Waals surface area contributed by atoms with E-state index in [1.165, 1.54) is 34.9 Å². The van der Waals surface area contributed by atoms with E-state index in [2.05, 4.69) is 10.3 Å². The van der Waals surface area contributed by atoms with Crippen LogP contribution in [0.3, 0.4) is 0 Å². The van der Waals surface area contributed by atoms with Gasteiger partial charge in [-0.3, -0.25) is 14.3 Å². The molecule has 1 aliphatic heterocycles. The summed E-state index contributed by atoms with van der Waals surface area (Å²) in [5.41, 5.74) is 0.481. The summed E-state index contributed by atoms with van der Waals surface area (Å²) in [5.74, 6) is -0.827. The normalized spacial score (nSPS) is 16.9. The number of hydrogen-bond donors (Lipinski definition) is 1. The molecule has 1 saturated heterocycles. The van der Waals surface area contributed by atoms with E-state index >= 15 is 0 Å². The highest BCUT2D eigenvalue weighted by atomic mass is 35.5. The molecule has 2 amide bonds. The molecule has 7 nitrogen and oxygen atoms in total. The van der Waals surface area contributed by atoms with Crippen LogP contribution in [0.4, 0.5) is 14.9 Å². The average molecular weight is 387 g/mol. The average Bonchev–Trinajstić information content (AvgIpc) is 3.09. The maximum atomic E-state index is 14.5. The van der Waals surface area contributed by atoms with Crippen molar-refractivity contribution in [3.05, 3.63) is 40.6 Å². The molecule has 0 unspecified atom stereocenters. The summed E-state index contributed by atoms with van der Waals surface area (Å²) in [5, 5.41) is 2.73. The first kappa shape index (κ1) is 17.5. The fourth-order valence-corrected chi connectivity index (χ4v) is 2.75. The first-order valence-corrected chi connectivity index (χ1v) is 8.03. The van der Waals surface area contributed by atoms with Crippen molar-refractivity contribution in [1.82, 2.24) is 14.9 Å². The van der Waals surface area contributed by atoms with Gasteiger partial charge in [0.15, 0.2) is 10.3 Å². The number of carbonyl (C=O) groups excluding carboxylic acids is 2. The standard InChI is InChI=1S/C15H13Cl2FN4O3/c1-8(23)19-5-10-6-21(15(24)25-10)9-2-3-12(11(18)4-9)22-7-20-13(16)14(22)17/h2-4,7,10H,5-6H2,1H3,(H,19,23)/t10-/m0/s1. The highest BCUT2D eigenvalue weighted by molar-refractivity contribution is 6.40. The number of rotatable bonds is 4. The summed E-state index contributed by atoms with van der Waals surface area (Å²) in [6, 6.07) is 4.22. The van der Waals surface area contributed by atoms with Gasteiger partial charge in [0, 0.05) is 6.92 Å². The van der Waals surface area contributed by atoms with E-state index in [4.69, 9.17) is 27.9 Å². The predicted molar refractivity (Wildman–Crippen MR) is 89.8 cm³/mol. The number of imidazole rings is 1. The number of ether oxygens (including phenoxy) is 1. The van der Waals surface area contributed by atoms with Gasteiger partial charge in [0.05, 0.1) is 24.5 Å². The molecule has 2 aromatic rings. The second kappa shape index (κ2) is 6.89. The molecule has 0 saturated carbocycles. The van der Waals surface area contributed by atoms with Gasteiger partial charge in [-0.15, -0.1) is 0 Å². The Morgan fingerprint density at radius 1 is 1.48 bits per heavy atom. The zero-order valence-corrected chi connectivity index (χ0v) is 14.5. The van der Waals surface area contributed by atoms with Crippen LogP contribution in [0.25, 0.3) is 5.69 Å². The number of nitrogens with zero attached hydrogens (tertiary/aromatic N) is 3. The van der Waals surface area contributed by atoms with E-state index in [1.807, 2.05) is 0 Å². The van der Waals surface area contributed by atoms with Crippen LogP contribution in [0.1, 0.15) is 6.92 Å². The third-order valence-corrected chi connectivity index (χ3v) is 4.36. The van der Waals surface area contributed by atoms with Gasteiger partial charge in [0.1, 0.15) is 18.2 Å². The first-order valence-electron chi connectivity index (χ1n) is 7.27. The summed E-state index contributed by atoms with van der Waals surface area (Å²) < 4.78 is 20.9. The molecule has 1 N–H and O–H groups in total. The number of cyclic esters (lactones) is 1. The molecule has 1 aromatic carbocycles. The lowest BCUT2D eigenvalue weighted by atomic mass is 10.2. The minimum Gasteiger partial charge on any atom is -0.442 e. The Balaban J connectivity index is 1.80. The molecule has 0 radical (unpaired) electrons. The molecule has 132 valence electrons. The van der Waals surface area contributed by atoms with Gasteiger partial charge in [0.25, 0.3) is 0 Å². The Morgan fingerprint density at radius 2 is 2.24 bits per heavy atom. The summed E-state index contributed by atoms with van der Waals surface area (Å²) >= 11 is 11.7. The van der Waals surface area contributed by atoms with Crippen LogP contribution in [0.15, 0.2) is 24.5 Å². The molecule has 0 bridgehead atoms.